The molecule has 0 fully saturated rings. The van der Waals surface area contributed by atoms with Crippen molar-refractivity contribution >= 4 is 46.4 Å². The summed E-state index contributed by atoms with van der Waals surface area (Å²) in [6.07, 6.45) is 1.59. The molecule has 146 valence electrons. The van der Waals surface area contributed by atoms with Crippen LogP contribution < -0.4 is 4.90 Å². The first-order chi connectivity index (χ1) is 14.0. The Bertz CT molecular complexity index is 1130. The monoisotopic (exact) mass is 423 g/mol. The van der Waals surface area contributed by atoms with Crippen LogP contribution in [-0.2, 0) is 15.3 Å². The molecule has 1 aliphatic heterocycles. The highest BCUT2D eigenvalue weighted by Crippen LogP contribution is 2.41. The van der Waals surface area contributed by atoms with Gasteiger partial charge >= 0.3 is 0 Å². The summed E-state index contributed by atoms with van der Waals surface area (Å²) in [4.78, 5) is 28.3. The molecule has 1 aliphatic rings. The van der Waals surface area contributed by atoms with E-state index >= 15 is 0 Å². The van der Waals surface area contributed by atoms with E-state index in [-0.39, 0.29) is 11.8 Å². The van der Waals surface area contributed by atoms with Gasteiger partial charge in [-0.2, -0.15) is 0 Å². The first kappa shape index (κ1) is 19.6. The third-order valence-corrected chi connectivity index (χ3v) is 6.03. The van der Waals surface area contributed by atoms with Crippen LogP contribution in [0, 0.1) is 13.8 Å². The minimum atomic E-state index is -0.344. The molecule has 0 aliphatic carbocycles. The number of anilines is 1. The summed E-state index contributed by atoms with van der Waals surface area (Å²) in [7, 11) is 0. The molecule has 4 nitrogen and oxygen atoms in total. The maximum Gasteiger partial charge on any atom is 0.272 e. The van der Waals surface area contributed by atoms with Crippen LogP contribution in [0.1, 0.15) is 22.5 Å². The molecular formula is C23H18ClNO3S. The maximum atomic E-state index is 13.4. The van der Waals surface area contributed by atoms with E-state index in [1.165, 1.54) is 16.7 Å². The highest BCUT2D eigenvalue weighted by molar-refractivity contribution is 8.03. The fraction of sp³-hybridized carbons (Fsp3) is 0.130. The molecule has 0 atom stereocenters. The van der Waals surface area contributed by atoms with E-state index in [9.17, 15) is 9.59 Å². The fourth-order valence-corrected chi connectivity index (χ4v) is 4.55. The smallest absolute Gasteiger partial charge is 0.272 e. The number of furan rings is 1. The van der Waals surface area contributed by atoms with Gasteiger partial charge in [-0.15, -0.1) is 11.8 Å². The zero-order valence-corrected chi connectivity index (χ0v) is 17.5. The van der Waals surface area contributed by atoms with Gasteiger partial charge in [0, 0.05) is 5.02 Å². The summed E-state index contributed by atoms with van der Waals surface area (Å²) in [5.41, 5.74) is 3.69. The first-order valence-corrected chi connectivity index (χ1v) is 10.4. The van der Waals surface area contributed by atoms with Crippen molar-refractivity contribution in [2.75, 3.05) is 4.90 Å². The van der Waals surface area contributed by atoms with Gasteiger partial charge in [-0.25, -0.2) is 4.90 Å². The third kappa shape index (κ3) is 3.76. The van der Waals surface area contributed by atoms with Crippen molar-refractivity contribution in [3.8, 4) is 0 Å². The summed E-state index contributed by atoms with van der Waals surface area (Å²) < 4.78 is 5.39. The molecule has 0 bridgehead atoms. The molecule has 0 spiro atoms. The van der Waals surface area contributed by atoms with E-state index in [0.29, 0.717) is 26.9 Å². The van der Waals surface area contributed by atoms with Crippen LogP contribution in [-0.4, -0.2) is 11.8 Å². The molecule has 0 radical (unpaired) electrons. The van der Waals surface area contributed by atoms with Crippen molar-refractivity contribution < 1.29 is 14.0 Å². The van der Waals surface area contributed by atoms with E-state index in [2.05, 4.69) is 0 Å². The second kappa shape index (κ2) is 7.93. The molecule has 6 heteroatoms. The molecule has 0 saturated heterocycles. The van der Waals surface area contributed by atoms with Crippen molar-refractivity contribution in [3.05, 3.63) is 93.2 Å². The first-order valence-electron chi connectivity index (χ1n) is 9.07. The molecular weight excluding hydrogens is 406 g/mol. The number of aryl methyl sites for hydroxylation is 2. The van der Waals surface area contributed by atoms with Gasteiger partial charge in [-0.3, -0.25) is 9.59 Å². The fourth-order valence-electron chi connectivity index (χ4n) is 3.36. The lowest BCUT2D eigenvalue weighted by Crippen LogP contribution is -2.31. The van der Waals surface area contributed by atoms with Crippen LogP contribution in [0.2, 0.25) is 5.02 Å². The van der Waals surface area contributed by atoms with Crippen molar-refractivity contribution in [2.45, 2.75) is 19.6 Å². The van der Waals surface area contributed by atoms with E-state index < -0.39 is 0 Å². The van der Waals surface area contributed by atoms with Crippen LogP contribution in [0.3, 0.4) is 0 Å². The second-order valence-electron chi connectivity index (χ2n) is 6.82. The van der Waals surface area contributed by atoms with Gasteiger partial charge in [0.15, 0.2) is 0 Å². The summed E-state index contributed by atoms with van der Waals surface area (Å²) >= 11 is 7.41. The molecule has 3 aromatic rings. The number of rotatable bonds is 5. The molecule has 2 heterocycles. The lowest BCUT2D eigenvalue weighted by Gasteiger charge is -2.15. The zero-order valence-electron chi connectivity index (χ0n) is 15.9. The number of imide groups is 1. The number of thioether (sulfide) groups is 1. The normalized spacial score (nSPS) is 14.2. The Morgan fingerprint density at radius 1 is 1.00 bits per heavy atom. The van der Waals surface area contributed by atoms with Gasteiger partial charge in [0.1, 0.15) is 5.76 Å². The van der Waals surface area contributed by atoms with Crippen LogP contribution in [0.15, 0.2) is 70.2 Å². The summed E-state index contributed by atoms with van der Waals surface area (Å²) in [5, 5.41) is 0.466. The number of amides is 2. The predicted octanol–water partition coefficient (Wildman–Crippen LogP) is 5.77. The van der Waals surface area contributed by atoms with Gasteiger partial charge in [0.05, 0.1) is 28.2 Å². The topological polar surface area (TPSA) is 50.5 Å². The Hall–Kier alpha value is -2.76. The number of carbonyl (C=O) groups is 2. The van der Waals surface area contributed by atoms with E-state index in [0.717, 1.165) is 22.5 Å². The Morgan fingerprint density at radius 2 is 1.83 bits per heavy atom. The quantitative estimate of drug-likeness (QED) is 0.489. The molecule has 2 amide bonds. The standard InChI is InChI=1S/C23H18ClNO3S/c1-14-8-9-19(15(2)11-14)20-21(29-13-18-7-4-10-28-18)23(27)25(22(20)26)17-6-3-5-16(24)12-17/h3-12H,13H2,1-2H3. The minimum absolute atomic E-state index is 0.342. The van der Waals surface area contributed by atoms with E-state index in [1.807, 2.05) is 38.1 Å². The Balaban J connectivity index is 1.80. The average molecular weight is 424 g/mol. The highest BCUT2D eigenvalue weighted by atomic mass is 35.5. The van der Waals surface area contributed by atoms with Crippen LogP contribution in [0.4, 0.5) is 5.69 Å². The molecule has 4 rings (SSSR count). The van der Waals surface area contributed by atoms with Gasteiger partial charge in [-0.1, -0.05) is 41.4 Å². The second-order valence-corrected chi connectivity index (χ2v) is 8.24. The summed E-state index contributed by atoms with van der Waals surface area (Å²) in [5.74, 6) is 0.512. The predicted molar refractivity (Wildman–Crippen MR) is 117 cm³/mol. The van der Waals surface area contributed by atoms with Crippen molar-refractivity contribution in [3.63, 3.8) is 0 Å². The minimum Gasteiger partial charge on any atom is -0.468 e. The number of benzene rings is 2. The Kier molecular flexibility index (Phi) is 5.35. The number of nitrogens with zero attached hydrogens (tertiary/aromatic N) is 1. The number of hydrogen-bond acceptors (Lipinski definition) is 4. The number of halogens is 1. The van der Waals surface area contributed by atoms with Crippen LogP contribution in [0.5, 0.6) is 0 Å². The molecule has 1 aromatic heterocycles. The molecule has 0 saturated carbocycles. The number of carbonyl (C=O) groups excluding carboxylic acids is 2. The van der Waals surface area contributed by atoms with Gasteiger partial charge in [0.2, 0.25) is 0 Å². The lowest BCUT2D eigenvalue weighted by molar-refractivity contribution is -0.119. The summed E-state index contributed by atoms with van der Waals surface area (Å²) in [6, 6.07) is 16.3. The molecule has 0 N–H and O–H groups in total. The van der Waals surface area contributed by atoms with Gasteiger partial charge in [-0.05, 0) is 55.3 Å². The van der Waals surface area contributed by atoms with Gasteiger partial charge < -0.3 is 4.42 Å². The lowest BCUT2D eigenvalue weighted by atomic mass is 9.99. The van der Waals surface area contributed by atoms with Crippen molar-refractivity contribution in [2.24, 2.45) is 0 Å². The van der Waals surface area contributed by atoms with E-state index in [1.54, 1.807) is 36.6 Å². The van der Waals surface area contributed by atoms with Gasteiger partial charge in [0.25, 0.3) is 11.8 Å². The number of hydrogen-bond donors (Lipinski definition) is 0. The van der Waals surface area contributed by atoms with E-state index in [4.69, 9.17) is 16.0 Å². The van der Waals surface area contributed by atoms with Crippen molar-refractivity contribution in [1.82, 2.24) is 0 Å². The SMILES string of the molecule is Cc1ccc(C2=C(SCc3ccco3)C(=O)N(c3cccc(Cl)c3)C2=O)c(C)c1. The highest BCUT2D eigenvalue weighted by Gasteiger charge is 2.40. The third-order valence-electron chi connectivity index (χ3n) is 4.70. The van der Waals surface area contributed by atoms with Crippen LogP contribution >= 0.6 is 23.4 Å². The zero-order chi connectivity index (χ0) is 20.5. The maximum absolute atomic E-state index is 13.4. The molecule has 0 unspecified atom stereocenters. The van der Waals surface area contributed by atoms with Crippen LogP contribution in [0.25, 0.3) is 5.57 Å². The summed E-state index contributed by atoms with van der Waals surface area (Å²) in [6.45, 7) is 3.95. The van der Waals surface area contributed by atoms with Crippen molar-refractivity contribution in [1.29, 1.82) is 0 Å². The average Bonchev–Trinajstić information content (AvgIpc) is 3.27. The Labute approximate surface area is 178 Å². The molecule has 2 aromatic carbocycles. The Morgan fingerprint density at radius 3 is 2.52 bits per heavy atom. The largest absolute Gasteiger partial charge is 0.468 e. The molecule has 29 heavy (non-hydrogen) atoms.